The predicted octanol–water partition coefficient (Wildman–Crippen LogP) is 1.81. The Kier molecular flexibility index (Phi) is 3.75. The van der Waals surface area contributed by atoms with Crippen molar-refractivity contribution in [3.63, 3.8) is 0 Å². The Morgan fingerprint density at radius 2 is 2.05 bits per heavy atom. The van der Waals surface area contributed by atoms with Gasteiger partial charge in [-0.25, -0.2) is 9.67 Å². The van der Waals surface area contributed by atoms with Gasteiger partial charge >= 0.3 is 0 Å². The maximum atomic E-state index is 5.33. The summed E-state index contributed by atoms with van der Waals surface area (Å²) >= 11 is 0. The first-order chi connectivity index (χ1) is 10.0. The lowest BCUT2D eigenvalue weighted by molar-refractivity contribution is 0.143. The molecule has 1 aliphatic rings. The van der Waals surface area contributed by atoms with Crippen molar-refractivity contribution in [1.82, 2.24) is 29.8 Å². The van der Waals surface area contributed by atoms with E-state index >= 15 is 0 Å². The van der Waals surface area contributed by atoms with Crippen molar-refractivity contribution in [1.29, 1.82) is 0 Å². The van der Waals surface area contributed by atoms with Gasteiger partial charge in [0.2, 0.25) is 5.89 Å². The topological polar surface area (TPSA) is 72.9 Å². The molecule has 2 aromatic heterocycles. The molecular formula is C14H22N6O. The third kappa shape index (κ3) is 2.83. The average Bonchev–Trinajstić information content (AvgIpc) is 3.12. The second-order valence-electron chi connectivity index (χ2n) is 5.78. The van der Waals surface area contributed by atoms with Gasteiger partial charge in [-0.05, 0) is 47.1 Å². The fourth-order valence-corrected chi connectivity index (χ4v) is 3.12. The summed E-state index contributed by atoms with van der Waals surface area (Å²) in [7, 11) is 0. The van der Waals surface area contributed by atoms with Crippen molar-refractivity contribution in [3.05, 3.63) is 23.4 Å². The van der Waals surface area contributed by atoms with Gasteiger partial charge in [0, 0.05) is 6.04 Å². The Morgan fingerprint density at radius 3 is 2.67 bits per heavy atom. The Hall–Kier alpha value is -1.76. The van der Waals surface area contributed by atoms with Crippen LogP contribution in [0.25, 0.3) is 0 Å². The molecular weight excluding hydrogens is 268 g/mol. The molecule has 3 rings (SSSR count). The molecule has 0 aliphatic carbocycles. The third-order valence-electron chi connectivity index (χ3n) is 4.17. The second-order valence-corrected chi connectivity index (χ2v) is 5.78. The zero-order chi connectivity index (χ0) is 15.0. The number of aromatic nitrogens is 5. The lowest BCUT2D eigenvalue weighted by Crippen LogP contribution is -2.35. The first-order valence-electron chi connectivity index (χ1n) is 7.48. The summed E-state index contributed by atoms with van der Waals surface area (Å²) in [5.74, 6) is 3.19. The molecule has 0 unspecified atom stereocenters. The highest BCUT2D eigenvalue weighted by Gasteiger charge is 2.32. The summed E-state index contributed by atoms with van der Waals surface area (Å²) in [6.45, 7) is 9.83. The smallest absolute Gasteiger partial charge is 0.243 e. The molecule has 0 bridgehead atoms. The van der Waals surface area contributed by atoms with E-state index in [9.17, 15) is 0 Å². The largest absolute Gasteiger partial charge is 0.338 e. The molecule has 0 radical (unpaired) electrons. The van der Waals surface area contributed by atoms with E-state index < -0.39 is 0 Å². The molecule has 0 aromatic carbocycles. The fourth-order valence-electron chi connectivity index (χ4n) is 3.12. The molecule has 1 aliphatic heterocycles. The van der Waals surface area contributed by atoms with Crippen molar-refractivity contribution in [3.8, 4) is 0 Å². The van der Waals surface area contributed by atoms with Crippen molar-refractivity contribution >= 4 is 0 Å². The van der Waals surface area contributed by atoms with E-state index in [0.29, 0.717) is 17.8 Å². The minimum absolute atomic E-state index is 0.142. The van der Waals surface area contributed by atoms with Crippen molar-refractivity contribution in [2.45, 2.75) is 59.2 Å². The van der Waals surface area contributed by atoms with Crippen LogP contribution in [0, 0.1) is 20.8 Å². The standard InChI is InChI=1S/C14H22N6O/c1-9(14-16-11(3)18-21-14)19-7-5-6-13(19)8-20-12(4)15-10(2)17-20/h9,13H,5-8H2,1-4H3/t9-,13+/m1/s1. The fraction of sp³-hybridized carbons (Fsp3) is 0.714. The van der Waals surface area contributed by atoms with E-state index in [1.165, 1.54) is 6.42 Å². The molecule has 2 aromatic rings. The molecule has 1 fully saturated rings. The number of likely N-dealkylation sites (tertiary alicyclic amines) is 1. The second kappa shape index (κ2) is 5.55. The SMILES string of the molecule is Cc1noc([C@@H](C)N2CCC[C@H]2Cn2nc(C)nc2C)n1. The maximum Gasteiger partial charge on any atom is 0.243 e. The zero-order valence-electron chi connectivity index (χ0n) is 13.1. The van der Waals surface area contributed by atoms with Gasteiger partial charge in [0.05, 0.1) is 12.6 Å². The van der Waals surface area contributed by atoms with Gasteiger partial charge in [-0.3, -0.25) is 4.90 Å². The van der Waals surface area contributed by atoms with Gasteiger partial charge in [0.1, 0.15) is 11.6 Å². The molecule has 0 spiro atoms. The Bertz CT molecular complexity index is 619. The minimum Gasteiger partial charge on any atom is -0.338 e. The summed E-state index contributed by atoms with van der Waals surface area (Å²) in [5.41, 5.74) is 0. The zero-order valence-corrected chi connectivity index (χ0v) is 13.1. The van der Waals surface area contributed by atoms with Crippen molar-refractivity contribution in [2.24, 2.45) is 0 Å². The molecule has 0 amide bonds. The van der Waals surface area contributed by atoms with Gasteiger partial charge in [-0.15, -0.1) is 0 Å². The molecule has 7 nitrogen and oxygen atoms in total. The monoisotopic (exact) mass is 290 g/mol. The van der Waals surface area contributed by atoms with Gasteiger partial charge < -0.3 is 4.52 Å². The maximum absolute atomic E-state index is 5.33. The Morgan fingerprint density at radius 1 is 1.24 bits per heavy atom. The number of nitrogens with zero attached hydrogens (tertiary/aromatic N) is 6. The minimum atomic E-state index is 0.142. The van der Waals surface area contributed by atoms with E-state index in [1.54, 1.807) is 0 Å². The van der Waals surface area contributed by atoms with Crippen molar-refractivity contribution < 1.29 is 4.52 Å². The highest BCUT2D eigenvalue weighted by Crippen LogP contribution is 2.29. The summed E-state index contributed by atoms with van der Waals surface area (Å²) in [6, 6.07) is 0.579. The first kappa shape index (κ1) is 14.2. The quantitative estimate of drug-likeness (QED) is 0.855. The highest BCUT2D eigenvalue weighted by atomic mass is 16.5. The molecule has 0 saturated carbocycles. The molecule has 21 heavy (non-hydrogen) atoms. The number of hydrogen-bond acceptors (Lipinski definition) is 6. The molecule has 0 N–H and O–H groups in total. The summed E-state index contributed by atoms with van der Waals surface area (Å²) in [4.78, 5) is 11.2. The normalized spacial score (nSPS) is 21.0. The summed E-state index contributed by atoms with van der Waals surface area (Å²) in [6.07, 6.45) is 2.35. The predicted molar refractivity (Wildman–Crippen MR) is 76.7 cm³/mol. The number of aryl methyl sites for hydroxylation is 3. The third-order valence-corrected chi connectivity index (χ3v) is 4.17. The van der Waals surface area contributed by atoms with E-state index in [-0.39, 0.29) is 6.04 Å². The van der Waals surface area contributed by atoms with Crippen LogP contribution in [0.1, 0.15) is 49.2 Å². The van der Waals surface area contributed by atoms with E-state index in [0.717, 1.165) is 31.2 Å². The average molecular weight is 290 g/mol. The van der Waals surface area contributed by atoms with Crippen LogP contribution in [-0.2, 0) is 6.54 Å². The van der Waals surface area contributed by atoms with Crippen LogP contribution in [0.5, 0.6) is 0 Å². The lowest BCUT2D eigenvalue weighted by Gasteiger charge is -2.28. The highest BCUT2D eigenvalue weighted by molar-refractivity contribution is 4.96. The van der Waals surface area contributed by atoms with Crippen LogP contribution in [-0.4, -0.2) is 42.4 Å². The van der Waals surface area contributed by atoms with Gasteiger partial charge in [-0.2, -0.15) is 10.1 Å². The molecule has 7 heteroatoms. The summed E-state index contributed by atoms with van der Waals surface area (Å²) < 4.78 is 7.33. The van der Waals surface area contributed by atoms with Gasteiger partial charge in [0.15, 0.2) is 5.82 Å². The molecule has 114 valence electrons. The van der Waals surface area contributed by atoms with E-state index in [4.69, 9.17) is 4.52 Å². The van der Waals surface area contributed by atoms with Crippen LogP contribution in [0.15, 0.2) is 4.52 Å². The van der Waals surface area contributed by atoms with Crippen LogP contribution in [0.4, 0.5) is 0 Å². The molecule has 1 saturated heterocycles. The van der Waals surface area contributed by atoms with Crippen LogP contribution < -0.4 is 0 Å². The first-order valence-corrected chi connectivity index (χ1v) is 7.48. The van der Waals surface area contributed by atoms with Crippen LogP contribution in [0.3, 0.4) is 0 Å². The van der Waals surface area contributed by atoms with Crippen molar-refractivity contribution in [2.75, 3.05) is 6.54 Å². The van der Waals surface area contributed by atoms with Gasteiger partial charge in [0.25, 0.3) is 0 Å². The Balaban J connectivity index is 1.74. The van der Waals surface area contributed by atoms with Gasteiger partial charge in [-0.1, -0.05) is 5.16 Å². The van der Waals surface area contributed by atoms with Crippen LogP contribution in [0.2, 0.25) is 0 Å². The molecule has 2 atom stereocenters. The van der Waals surface area contributed by atoms with Crippen LogP contribution >= 0.6 is 0 Å². The van der Waals surface area contributed by atoms with E-state index in [1.807, 2.05) is 25.5 Å². The number of hydrogen-bond donors (Lipinski definition) is 0. The van der Waals surface area contributed by atoms with E-state index in [2.05, 4.69) is 32.0 Å². The Labute approximate surface area is 124 Å². The number of rotatable bonds is 4. The lowest BCUT2D eigenvalue weighted by atomic mass is 10.2. The molecule has 3 heterocycles. The summed E-state index contributed by atoms with van der Waals surface area (Å²) in [5, 5.41) is 8.37.